The Bertz CT molecular complexity index is 2890. The maximum atomic E-state index is 15.6. The average Bonchev–Trinajstić information content (AvgIpc) is 0.971. The highest BCUT2D eigenvalue weighted by Crippen LogP contribution is 2.44. The maximum absolute atomic E-state index is 15.6. The van der Waals surface area contributed by atoms with E-state index in [0.29, 0.717) is 0 Å². The number of carbonyl (C=O) groups excluding carboxylic acids is 4. The number of aliphatic hydroxyl groups is 4. The topological polar surface area (TPSA) is 327 Å². The molecule has 1 aromatic rings. The Morgan fingerprint density at radius 1 is 0.854 bits per heavy atom. The van der Waals surface area contributed by atoms with Crippen LogP contribution in [0, 0.1) is 23.7 Å². The number of nitrogens with one attached hydrogen (secondary N) is 4. The van der Waals surface area contributed by atoms with Gasteiger partial charge in [0.1, 0.15) is 30.5 Å². The molecule has 0 radical (unpaired) electrons. The third-order valence-electron chi connectivity index (χ3n) is 15.2. The van der Waals surface area contributed by atoms with Crippen molar-refractivity contribution in [1.82, 2.24) is 16.1 Å². The van der Waals surface area contributed by atoms with E-state index in [0.717, 1.165) is 7.11 Å². The molecule has 2 amide bonds. The van der Waals surface area contributed by atoms with Crippen LogP contribution in [0.5, 0.6) is 11.5 Å². The van der Waals surface area contributed by atoms with Gasteiger partial charge in [0.05, 0.1) is 99.8 Å². The number of hydrogen-bond acceptors (Lipinski definition) is 28. The molecule has 0 aromatic heterocycles. The van der Waals surface area contributed by atoms with E-state index in [-0.39, 0.29) is 88.3 Å². The summed E-state index contributed by atoms with van der Waals surface area (Å²) in [5.41, 5.74) is -0.949. The fraction of sp³-hybridized carbons (Fsp3) is 0.627. The molecular formula is C59H80N4O22S4. The summed E-state index contributed by atoms with van der Waals surface area (Å²) in [4.78, 5) is 62.5. The van der Waals surface area contributed by atoms with Crippen molar-refractivity contribution >= 4 is 72.6 Å². The van der Waals surface area contributed by atoms with Crippen molar-refractivity contribution < 1.29 is 106 Å². The summed E-state index contributed by atoms with van der Waals surface area (Å²) in [6.45, 7) is 12.6. The van der Waals surface area contributed by atoms with E-state index < -0.39 is 134 Å². The molecule has 0 saturated carbocycles. The number of alkyl carbamates (subject to hydrolysis) is 1. The highest BCUT2D eigenvalue weighted by atomic mass is 33.5. The number of amides is 2. The number of fused-ring (bicyclic) bond motifs is 2. The molecule has 0 spiro atoms. The van der Waals surface area contributed by atoms with Crippen molar-refractivity contribution in [3.8, 4) is 35.2 Å². The molecule has 4 unspecified atom stereocenters. The van der Waals surface area contributed by atoms with Gasteiger partial charge in [-0.1, -0.05) is 71.8 Å². The summed E-state index contributed by atoms with van der Waals surface area (Å²) in [5.74, 6) is 8.60. The summed E-state index contributed by atoms with van der Waals surface area (Å²) < 4.78 is 77.9. The number of ether oxygens (including phenoxy) is 13. The lowest BCUT2D eigenvalue weighted by atomic mass is 9.73. The Kier molecular flexibility index (Phi) is 26.9. The van der Waals surface area contributed by atoms with Crippen LogP contribution in [0.25, 0.3) is 0 Å². The van der Waals surface area contributed by atoms with Gasteiger partial charge in [-0.2, -0.15) is 17.2 Å². The predicted octanol–water partition coefficient (Wildman–Crippen LogP) is 3.42. The number of thioether (sulfide) groups is 1. The summed E-state index contributed by atoms with van der Waals surface area (Å²) in [5, 5.41) is 56.8. The number of methoxy groups -OCH3 is 5. The van der Waals surface area contributed by atoms with Crippen molar-refractivity contribution in [2.45, 2.75) is 175 Å². The number of hydrogen-bond donors (Lipinski definition) is 8. The molecule has 2 aliphatic carbocycles. The first-order chi connectivity index (χ1) is 42.5. The normalized spacial score (nSPS) is 34.4. The molecule has 7 rings (SSSR count). The molecule has 2 bridgehead atoms. The summed E-state index contributed by atoms with van der Waals surface area (Å²) in [7, 11) is 10.8. The predicted molar refractivity (Wildman–Crippen MR) is 330 cm³/mol. The van der Waals surface area contributed by atoms with Crippen molar-refractivity contribution in [2.24, 2.45) is 0 Å². The number of ketones is 1. The van der Waals surface area contributed by atoms with Crippen molar-refractivity contribution in [2.75, 3.05) is 65.7 Å². The molecule has 4 saturated heterocycles. The van der Waals surface area contributed by atoms with Gasteiger partial charge in [-0.05, 0) is 55.3 Å². The number of aliphatic hydroxyl groups excluding tert-OH is 3. The van der Waals surface area contributed by atoms with E-state index in [1.165, 1.54) is 95.7 Å². The lowest BCUT2D eigenvalue weighted by Crippen LogP contribution is -2.65. The molecule has 26 nitrogen and oxygen atoms in total. The Morgan fingerprint density at radius 3 is 2.22 bits per heavy atom. The standard InChI is InChI=1S/C59H80N4O22S4/c1-28(2)60-36-27-77-43(25-39(36)73-8)83-52-50(66)47(63-85-45-24-37(64)53(86-12)31(5)79-45)29(3)80-57(52)82-38-18-16-14-15-17-20-59(71)34(19-21-88-89-87-13)46(38)48(62-58(70)76-11)51(67)54(59)84-44-26-42(49(65)30(4)78-44)81-56(69)33-22-40(74-9)41(75-10)23-35(33)61-55(68)32(6)72-7/h14-15,19,22-23,28-31,36-39,42-45,47,49-50,52-54,57,60,63-66,71H,6,21,24-27H2,1-5,7-13H3,(H,61,68)(H,62,70)/b15-14-,34-19?/t29?,30-,31+,36-,37-,38?,39-,42-,43+,44-,45-,47+,49+,50-,52+,53+,54?,57-,59?/m0/s1. The Hall–Kier alpha value is -4.62. The number of allylic oxidation sites excluding steroid dienone is 2. The smallest absolute Gasteiger partial charge is 0.411 e. The first kappa shape index (κ1) is 71.8. The summed E-state index contributed by atoms with van der Waals surface area (Å²) in [6, 6.07) is 1.39. The molecule has 4 fully saturated rings. The van der Waals surface area contributed by atoms with Crippen LogP contribution in [0.2, 0.25) is 0 Å². The molecule has 1 aromatic carbocycles. The molecule has 89 heavy (non-hydrogen) atoms. The van der Waals surface area contributed by atoms with Crippen LogP contribution in [0.1, 0.15) is 64.2 Å². The van der Waals surface area contributed by atoms with Gasteiger partial charge in [0, 0.05) is 61.4 Å². The summed E-state index contributed by atoms with van der Waals surface area (Å²) >= 11 is 1.47. The van der Waals surface area contributed by atoms with E-state index in [4.69, 9.17) is 66.4 Å². The van der Waals surface area contributed by atoms with Crippen LogP contribution in [-0.4, -0.2) is 226 Å². The van der Waals surface area contributed by atoms with Crippen molar-refractivity contribution in [3.05, 3.63) is 65.1 Å². The second-order valence-corrected chi connectivity index (χ2v) is 26.8. The lowest BCUT2D eigenvalue weighted by molar-refractivity contribution is -0.336. The van der Waals surface area contributed by atoms with Crippen LogP contribution in [-0.2, 0) is 66.5 Å². The second kappa shape index (κ2) is 33.3. The van der Waals surface area contributed by atoms with Gasteiger partial charge in [0.15, 0.2) is 54.1 Å². The van der Waals surface area contributed by atoms with Gasteiger partial charge in [-0.15, -0.1) is 0 Å². The fourth-order valence-electron chi connectivity index (χ4n) is 10.8. The first-order valence-electron chi connectivity index (χ1n) is 28.4. The number of carbonyl (C=O) groups is 4. The van der Waals surface area contributed by atoms with Gasteiger partial charge in [0.2, 0.25) is 5.78 Å². The number of rotatable bonds is 25. The molecular weight excluding hydrogens is 1240 g/mol. The van der Waals surface area contributed by atoms with Crippen LogP contribution in [0.3, 0.4) is 0 Å². The van der Waals surface area contributed by atoms with Gasteiger partial charge in [-0.25, -0.2) is 9.59 Å². The Balaban J connectivity index is 1.27. The lowest BCUT2D eigenvalue weighted by Gasteiger charge is -2.47. The van der Waals surface area contributed by atoms with E-state index in [1.807, 2.05) is 33.3 Å². The maximum Gasteiger partial charge on any atom is 0.411 e. The quantitative estimate of drug-likeness (QED) is 0.0132. The molecule has 19 atom stereocenters. The van der Waals surface area contributed by atoms with Crippen LogP contribution >= 0.6 is 43.2 Å². The van der Waals surface area contributed by atoms with Crippen molar-refractivity contribution in [1.29, 1.82) is 0 Å². The molecule has 492 valence electrons. The zero-order chi connectivity index (χ0) is 64.9. The molecule has 6 aliphatic rings. The highest BCUT2D eigenvalue weighted by Gasteiger charge is 2.57. The average molecular weight is 1330 g/mol. The number of esters is 1. The third kappa shape index (κ3) is 17.6. The van der Waals surface area contributed by atoms with E-state index in [1.54, 1.807) is 20.1 Å². The minimum absolute atomic E-state index is 0.0843. The van der Waals surface area contributed by atoms with Gasteiger partial charge >= 0.3 is 12.1 Å². The van der Waals surface area contributed by atoms with Crippen LogP contribution in [0.4, 0.5) is 10.5 Å². The molecule has 4 aliphatic heterocycles. The molecule has 30 heteroatoms. The molecule has 8 N–H and O–H groups in total. The van der Waals surface area contributed by atoms with Gasteiger partial charge < -0.3 is 92.6 Å². The zero-order valence-electron chi connectivity index (χ0n) is 51.4. The van der Waals surface area contributed by atoms with Crippen molar-refractivity contribution in [3.63, 3.8) is 0 Å². The third-order valence-corrected chi connectivity index (χ3v) is 20.2. The largest absolute Gasteiger partial charge is 0.493 e. The van der Waals surface area contributed by atoms with E-state index in [9.17, 15) is 34.8 Å². The minimum atomic E-state index is -2.66. The fourth-order valence-corrected chi connectivity index (χ4v) is 14.1. The number of Topliss-reactive ketones (excluding diaryl/α,β-unsaturated/α-hetero) is 1. The zero-order valence-corrected chi connectivity index (χ0v) is 54.6. The minimum Gasteiger partial charge on any atom is -0.493 e. The Morgan fingerprint density at radius 2 is 1.56 bits per heavy atom. The van der Waals surface area contributed by atoms with Crippen LogP contribution < -0.4 is 30.9 Å². The van der Waals surface area contributed by atoms with E-state index in [2.05, 4.69) is 51.7 Å². The number of anilines is 1. The summed E-state index contributed by atoms with van der Waals surface area (Å²) in [6.07, 6.45) is -11.7. The number of hydroxylamine groups is 1. The van der Waals surface area contributed by atoms with Gasteiger partial charge in [-0.3, -0.25) is 19.7 Å². The monoisotopic (exact) mass is 1320 g/mol. The Labute approximate surface area is 533 Å². The second-order valence-electron chi connectivity index (χ2n) is 21.4. The SMILES string of the molecule is C=C(OC)C(=O)Nc1cc(OC)c(OC)cc1C(=O)O[C@H]1C[C@H](OC2C(=O)C(NC(=O)OC)=C3C(=CCSSSC)C2(O)C#C/C=C\C#CC3O[C@@H]2OC(C)[C@@H](NO[C@H]3C[C@H](O)[C@H](SC)[C@@H](C)O3)[C@H](O)[C@H]2O[C@@H]2C[C@H](OC)[C@@H](NC(C)C)CO2)O[C@@H](C)[C@H]1O. The first-order valence-corrected chi connectivity index (χ1v) is 33.8. The van der Waals surface area contributed by atoms with E-state index >= 15 is 4.79 Å². The molecule has 4 heterocycles. The van der Waals surface area contributed by atoms with Gasteiger partial charge in [0.25, 0.3) is 5.91 Å². The number of benzene rings is 1. The highest BCUT2D eigenvalue weighted by molar-refractivity contribution is 9.09. The van der Waals surface area contributed by atoms with Crippen LogP contribution in [0.15, 0.2) is 59.5 Å².